The zero-order valence-electron chi connectivity index (χ0n) is 13.5. The Labute approximate surface area is 147 Å². The number of hydrogen-bond donors (Lipinski definition) is 1. The minimum Gasteiger partial charge on any atom is -0.308 e. The number of rotatable bonds is 4. The van der Waals surface area contributed by atoms with Crippen LogP contribution >= 0.6 is 0 Å². The second-order valence-corrected chi connectivity index (χ2v) is 6.26. The number of amides is 1. The van der Waals surface area contributed by atoms with Crippen molar-refractivity contribution in [1.82, 2.24) is 9.78 Å². The van der Waals surface area contributed by atoms with Gasteiger partial charge in [-0.25, -0.2) is 17.9 Å². The largest absolute Gasteiger partial charge is 0.308 e. The monoisotopic (exact) mass is 357 g/mol. The number of nitrogens with zero attached hydrogens (tertiary/aromatic N) is 2. The van der Waals surface area contributed by atoms with E-state index in [9.17, 15) is 18.0 Å². The lowest BCUT2D eigenvalue weighted by molar-refractivity contribution is -0.118. The highest BCUT2D eigenvalue weighted by Crippen LogP contribution is 2.49. The molecule has 7 heteroatoms. The van der Waals surface area contributed by atoms with Crippen LogP contribution in [0.15, 0.2) is 54.7 Å². The van der Waals surface area contributed by atoms with Crippen molar-refractivity contribution in [3.8, 4) is 5.69 Å². The van der Waals surface area contributed by atoms with Gasteiger partial charge in [0.15, 0.2) is 17.5 Å². The van der Waals surface area contributed by atoms with Crippen LogP contribution in [0.4, 0.5) is 19.0 Å². The molecule has 1 amide bonds. The van der Waals surface area contributed by atoms with E-state index in [-0.39, 0.29) is 11.7 Å². The quantitative estimate of drug-likeness (QED) is 0.768. The Kier molecular flexibility index (Phi) is 3.79. The van der Waals surface area contributed by atoms with E-state index in [1.54, 1.807) is 18.2 Å². The van der Waals surface area contributed by atoms with Gasteiger partial charge in [-0.1, -0.05) is 18.2 Å². The van der Waals surface area contributed by atoms with E-state index >= 15 is 0 Å². The molecule has 0 unspecified atom stereocenters. The van der Waals surface area contributed by atoms with Gasteiger partial charge in [-0.3, -0.25) is 4.79 Å². The molecule has 1 aromatic heterocycles. The Bertz CT molecular complexity index is 995. The van der Waals surface area contributed by atoms with Crippen LogP contribution in [0.5, 0.6) is 0 Å². The maximum absolute atomic E-state index is 14.1. The zero-order chi connectivity index (χ0) is 18.3. The standard InChI is InChI=1S/C19H14F3N3O/c20-14-4-2-1-3-13(14)19(8-9-19)18(26)23-17-7-10-25(24-17)12-5-6-15(21)16(22)11-12/h1-7,10-11H,8-9H2,(H,23,24,26). The van der Waals surface area contributed by atoms with Crippen LogP contribution in [0.3, 0.4) is 0 Å². The Hall–Kier alpha value is -3.09. The van der Waals surface area contributed by atoms with Crippen molar-refractivity contribution in [3.63, 3.8) is 0 Å². The molecule has 1 aliphatic carbocycles. The van der Waals surface area contributed by atoms with Crippen molar-refractivity contribution in [2.24, 2.45) is 0 Å². The Morgan fingerprint density at radius 1 is 1.00 bits per heavy atom. The molecule has 4 rings (SSSR count). The van der Waals surface area contributed by atoms with E-state index in [1.165, 1.54) is 29.1 Å². The van der Waals surface area contributed by atoms with Crippen molar-refractivity contribution in [3.05, 3.63) is 77.7 Å². The SMILES string of the molecule is O=C(Nc1ccn(-c2ccc(F)c(F)c2)n1)C1(c2ccccc2F)CC1. The van der Waals surface area contributed by atoms with Crippen LogP contribution in [0.1, 0.15) is 18.4 Å². The van der Waals surface area contributed by atoms with Gasteiger partial charge in [0, 0.05) is 23.9 Å². The van der Waals surface area contributed by atoms with Crippen LogP contribution < -0.4 is 5.32 Å². The summed E-state index contributed by atoms with van der Waals surface area (Å²) < 4.78 is 41.8. The smallest absolute Gasteiger partial charge is 0.236 e. The Morgan fingerprint density at radius 2 is 1.77 bits per heavy atom. The lowest BCUT2D eigenvalue weighted by atomic mass is 9.94. The van der Waals surface area contributed by atoms with E-state index in [0.29, 0.717) is 24.1 Å². The van der Waals surface area contributed by atoms with Gasteiger partial charge in [0.2, 0.25) is 5.91 Å². The summed E-state index contributed by atoms with van der Waals surface area (Å²) in [6, 6.07) is 11.1. The molecular formula is C19H14F3N3O. The summed E-state index contributed by atoms with van der Waals surface area (Å²) in [6.07, 6.45) is 2.64. The van der Waals surface area contributed by atoms with Gasteiger partial charge in [-0.2, -0.15) is 5.10 Å². The Balaban J connectivity index is 1.55. The highest BCUT2D eigenvalue weighted by atomic mass is 19.2. The predicted octanol–water partition coefficient (Wildman–Crippen LogP) is 3.96. The Morgan fingerprint density at radius 3 is 2.46 bits per heavy atom. The summed E-state index contributed by atoms with van der Waals surface area (Å²) >= 11 is 0. The molecule has 1 N–H and O–H groups in total. The summed E-state index contributed by atoms with van der Waals surface area (Å²) in [5.41, 5.74) is -0.186. The van der Waals surface area contributed by atoms with Gasteiger partial charge in [0.05, 0.1) is 11.1 Å². The fourth-order valence-electron chi connectivity index (χ4n) is 2.99. The number of hydrogen-bond acceptors (Lipinski definition) is 2. The van der Waals surface area contributed by atoms with Crippen LogP contribution in [0.2, 0.25) is 0 Å². The van der Waals surface area contributed by atoms with Crippen LogP contribution in [-0.2, 0) is 10.2 Å². The predicted molar refractivity (Wildman–Crippen MR) is 89.4 cm³/mol. The van der Waals surface area contributed by atoms with E-state index in [0.717, 1.165) is 12.1 Å². The van der Waals surface area contributed by atoms with Gasteiger partial charge in [-0.05, 0) is 31.0 Å². The van der Waals surface area contributed by atoms with Gasteiger partial charge >= 0.3 is 0 Å². The van der Waals surface area contributed by atoms with E-state index in [2.05, 4.69) is 10.4 Å². The number of aromatic nitrogens is 2. The van der Waals surface area contributed by atoms with Gasteiger partial charge < -0.3 is 5.32 Å². The van der Waals surface area contributed by atoms with E-state index in [4.69, 9.17) is 0 Å². The van der Waals surface area contributed by atoms with Gasteiger partial charge in [0.25, 0.3) is 0 Å². The average Bonchev–Trinajstić information content (AvgIpc) is 3.31. The van der Waals surface area contributed by atoms with Crippen molar-refractivity contribution >= 4 is 11.7 Å². The first-order valence-electron chi connectivity index (χ1n) is 8.07. The molecule has 0 aliphatic heterocycles. The van der Waals surface area contributed by atoms with E-state index in [1.807, 2.05) is 0 Å². The lowest BCUT2D eigenvalue weighted by Crippen LogP contribution is -2.29. The molecule has 2 aromatic carbocycles. The molecule has 132 valence electrons. The van der Waals surface area contributed by atoms with Crippen molar-refractivity contribution in [1.29, 1.82) is 0 Å². The minimum atomic E-state index is -0.986. The normalized spacial score (nSPS) is 14.9. The third kappa shape index (κ3) is 2.75. The molecular weight excluding hydrogens is 343 g/mol. The summed E-state index contributed by atoms with van der Waals surface area (Å²) in [4.78, 5) is 12.7. The van der Waals surface area contributed by atoms with Crippen LogP contribution in [0, 0.1) is 17.5 Å². The van der Waals surface area contributed by atoms with Crippen molar-refractivity contribution in [2.45, 2.75) is 18.3 Å². The maximum atomic E-state index is 14.1. The van der Waals surface area contributed by atoms with E-state index < -0.39 is 22.9 Å². The lowest BCUT2D eigenvalue weighted by Gasteiger charge is -2.15. The van der Waals surface area contributed by atoms with Crippen LogP contribution in [-0.4, -0.2) is 15.7 Å². The first-order chi connectivity index (χ1) is 12.5. The second kappa shape index (κ2) is 6.01. The zero-order valence-corrected chi connectivity index (χ0v) is 13.5. The number of nitrogens with one attached hydrogen (secondary N) is 1. The molecule has 0 spiro atoms. The number of anilines is 1. The summed E-state index contributed by atoms with van der Waals surface area (Å²) in [7, 11) is 0. The summed E-state index contributed by atoms with van der Waals surface area (Å²) in [5.74, 6) is -2.43. The van der Waals surface area contributed by atoms with Crippen LogP contribution in [0.25, 0.3) is 5.69 Å². The average molecular weight is 357 g/mol. The minimum absolute atomic E-state index is 0.252. The molecule has 1 heterocycles. The third-order valence-electron chi connectivity index (χ3n) is 4.57. The number of carbonyl (C=O) groups excluding carboxylic acids is 1. The first kappa shape index (κ1) is 16.4. The molecule has 0 saturated heterocycles. The van der Waals surface area contributed by atoms with Gasteiger partial charge in [-0.15, -0.1) is 0 Å². The molecule has 1 saturated carbocycles. The third-order valence-corrected chi connectivity index (χ3v) is 4.57. The fraction of sp³-hybridized carbons (Fsp3) is 0.158. The summed E-state index contributed by atoms with van der Waals surface area (Å²) in [6.45, 7) is 0. The van der Waals surface area contributed by atoms with Gasteiger partial charge in [0.1, 0.15) is 5.82 Å². The highest BCUT2D eigenvalue weighted by molar-refractivity contribution is 6.00. The number of benzene rings is 2. The molecule has 3 aromatic rings. The van der Waals surface area contributed by atoms with Crippen molar-refractivity contribution < 1.29 is 18.0 Å². The molecule has 1 fully saturated rings. The topological polar surface area (TPSA) is 46.9 Å². The number of halogens is 3. The maximum Gasteiger partial charge on any atom is 0.236 e. The molecule has 0 radical (unpaired) electrons. The molecule has 4 nitrogen and oxygen atoms in total. The number of carbonyl (C=O) groups is 1. The molecule has 26 heavy (non-hydrogen) atoms. The molecule has 1 aliphatic rings. The molecule has 0 bridgehead atoms. The van der Waals surface area contributed by atoms with Crippen molar-refractivity contribution in [2.75, 3.05) is 5.32 Å². The summed E-state index contributed by atoms with van der Waals surface area (Å²) in [5, 5.41) is 6.83. The molecule has 0 atom stereocenters. The fourth-order valence-corrected chi connectivity index (χ4v) is 2.99. The first-order valence-corrected chi connectivity index (χ1v) is 8.07. The highest BCUT2D eigenvalue weighted by Gasteiger charge is 2.52. The second-order valence-electron chi connectivity index (χ2n) is 6.26.